The Hall–Kier alpha value is -3.30. The van der Waals surface area contributed by atoms with Gasteiger partial charge in [0.1, 0.15) is 11.5 Å². The summed E-state index contributed by atoms with van der Waals surface area (Å²) in [6.07, 6.45) is -6.05. The number of halogens is 6. The van der Waals surface area contributed by atoms with Gasteiger partial charge in [-0.05, 0) is 80.1 Å². The maximum Gasteiger partial charge on any atom is 0.573 e. The molecule has 2 fully saturated rings. The third-order valence-corrected chi connectivity index (χ3v) is 7.58. The Morgan fingerprint density at radius 3 is 2.34 bits per heavy atom. The number of ether oxygens (including phenoxy) is 3. The van der Waals surface area contributed by atoms with E-state index in [4.69, 9.17) is 17.0 Å². The average molecular weight is 649 g/mol. The number of anilines is 1. The van der Waals surface area contributed by atoms with Crippen molar-refractivity contribution in [1.82, 2.24) is 15.5 Å². The maximum absolute atomic E-state index is 13.0. The number of rotatable bonds is 10. The lowest BCUT2D eigenvalue weighted by atomic mass is 9.82. The summed E-state index contributed by atoms with van der Waals surface area (Å²) < 4.78 is 90.0. The summed E-state index contributed by atoms with van der Waals surface area (Å²) in [6, 6.07) is 9.60. The van der Waals surface area contributed by atoms with E-state index < -0.39 is 24.4 Å². The predicted molar refractivity (Wildman–Crippen MR) is 155 cm³/mol. The predicted octanol–water partition coefficient (Wildman–Crippen LogP) is 5.63. The Balaban J connectivity index is 1.28. The van der Waals surface area contributed by atoms with Crippen LogP contribution in [0.25, 0.3) is 0 Å². The van der Waals surface area contributed by atoms with Gasteiger partial charge in [0, 0.05) is 44.0 Å². The highest BCUT2D eigenvalue weighted by atomic mass is 32.1. The summed E-state index contributed by atoms with van der Waals surface area (Å²) in [5.74, 6) is -1.31. The van der Waals surface area contributed by atoms with Crippen molar-refractivity contribution < 1.29 is 45.3 Å². The van der Waals surface area contributed by atoms with E-state index in [0.29, 0.717) is 31.9 Å². The molecule has 2 aliphatic rings. The van der Waals surface area contributed by atoms with E-state index in [1.54, 1.807) is 12.1 Å². The normalized spacial score (nSPS) is 19.6. The highest BCUT2D eigenvalue weighted by molar-refractivity contribution is 7.80. The van der Waals surface area contributed by atoms with Crippen molar-refractivity contribution in [2.75, 3.05) is 44.7 Å². The van der Waals surface area contributed by atoms with Gasteiger partial charge < -0.3 is 30.2 Å². The molecular weight excluding hydrogens is 614 g/mol. The molecule has 1 saturated carbocycles. The molecule has 0 unspecified atom stereocenters. The molecule has 0 bridgehead atoms. The quantitative estimate of drug-likeness (QED) is 0.226. The molecule has 44 heavy (non-hydrogen) atoms. The highest BCUT2D eigenvalue weighted by Gasteiger charge is 2.33. The van der Waals surface area contributed by atoms with Crippen molar-refractivity contribution in [3.8, 4) is 11.5 Å². The molecule has 0 spiro atoms. The van der Waals surface area contributed by atoms with Gasteiger partial charge in [0.05, 0.1) is 18.8 Å². The number of thiocarbonyl (C=S) groups is 1. The van der Waals surface area contributed by atoms with E-state index in [9.17, 15) is 31.1 Å². The fraction of sp³-hybridized carbons (Fsp3) is 0.517. The number of nitrogens with one attached hydrogen (secondary N) is 3. The van der Waals surface area contributed by atoms with Gasteiger partial charge >= 0.3 is 12.7 Å². The van der Waals surface area contributed by atoms with Gasteiger partial charge in [0.2, 0.25) is 0 Å². The summed E-state index contributed by atoms with van der Waals surface area (Å²) in [5, 5.41) is 9.03. The molecule has 1 heterocycles. The van der Waals surface area contributed by atoms with E-state index in [2.05, 4.69) is 30.3 Å². The number of hydrogen-bond acceptors (Lipinski definition) is 6. The van der Waals surface area contributed by atoms with Crippen molar-refractivity contribution >= 4 is 28.9 Å². The standard InChI is InChI=1S/C29H34F6N4O4S/c30-28(31,32)42-23-3-1-2-22(18-23)38-27(44)37-21-7-4-19(5-8-21)16-20-6-9-25(43-29(33,34)35)24(17-20)26(40)36-10-11-39-12-14-41-15-13-39/h1-3,6,9,17-19,21H,4-5,7-8,10-16H2,(H,36,40)(H2,37,38,44). The second-order valence-electron chi connectivity index (χ2n) is 10.7. The first-order chi connectivity index (χ1) is 20.8. The van der Waals surface area contributed by atoms with Gasteiger partial charge in [-0.25, -0.2) is 0 Å². The Morgan fingerprint density at radius 2 is 1.66 bits per heavy atom. The minimum absolute atomic E-state index is 0.0382. The number of amides is 1. The van der Waals surface area contributed by atoms with Crippen LogP contribution >= 0.6 is 12.2 Å². The van der Waals surface area contributed by atoms with Crippen molar-refractivity contribution in [2.45, 2.75) is 50.9 Å². The number of benzene rings is 2. The molecule has 2 aromatic rings. The minimum atomic E-state index is -4.94. The number of alkyl halides is 6. The Bertz CT molecular complexity index is 1270. The summed E-state index contributed by atoms with van der Waals surface area (Å²) in [6.45, 7) is 3.47. The summed E-state index contributed by atoms with van der Waals surface area (Å²) in [4.78, 5) is 15.0. The number of carbonyl (C=O) groups is 1. The Kier molecular flexibility index (Phi) is 11.5. The van der Waals surface area contributed by atoms with E-state index in [1.807, 2.05) is 0 Å². The van der Waals surface area contributed by atoms with Crippen molar-refractivity contribution in [2.24, 2.45) is 5.92 Å². The molecule has 1 aliphatic heterocycles. The molecule has 4 rings (SSSR count). The van der Waals surface area contributed by atoms with Gasteiger partial charge in [0.25, 0.3) is 5.91 Å². The molecular formula is C29H34F6N4O4S. The topological polar surface area (TPSA) is 84.1 Å². The van der Waals surface area contributed by atoms with Crippen molar-refractivity contribution in [3.63, 3.8) is 0 Å². The van der Waals surface area contributed by atoms with E-state index >= 15 is 0 Å². The molecule has 1 amide bonds. The third kappa shape index (κ3) is 11.3. The fourth-order valence-corrected chi connectivity index (χ4v) is 5.60. The van der Waals surface area contributed by atoms with Crippen molar-refractivity contribution in [3.05, 3.63) is 53.6 Å². The summed E-state index contributed by atoms with van der Waals surface area (Å²) in [5.41, 5.74) is 0.905. The minimum Gasteiger partial charge on any atom is -0.406 e. The molecule has 242 valence electrons. The van der Waals surface area contributed by atoms with Crippen LogP contribution in [0.5, 0.6) is 11.5 Å². The Labute approximate surface area is 256 Å². The zero-order chi connectivity index (χ0) is 31.7. The zero-order valence-electron chi connectivity index (χ0n) is 23.7. The smallest absolute Gasteiger partial charge is 0.406 e. The SMILES string of the molecule is O=C(NCCN1CCOCC1)c1cc(CC2CCC(NC(=S)Nc3cccc(OC(F)(F)F)c3)CC2)ccc1OC(F)(F)F. The molecule has 15 heteroatoms. The van der Waals surface area contributed by atoms with Gasteiger partial charge in [-0.15, -0.1) is 26.3 Å². The number of morpholine rings is 1. The van der Waals surface area contributed by atoms with Crippen LogP contribution in [0.4, 0.5) is 32.0 Å². The van der Waals surface area contributed by atoms with Crippen LogP contribution in [-0.4, -0.2) is 74.1 Å². The van der Waals surface area contributed by atoms with Crippen LogP contribution in [-0.2, 0) is 11.2 Å². The molecule has 1 aliphatic carbocycles. The second-order valence-corrected chi connectivity index (χ2v) is 11.1. The molecule has 2 aromatic carbocycles. The Morgan fingerprint density at radius 1 is 0.955 bits per heavy atom. The average Bonchev–Trinajstić information content (AvgIpc) is 2.94. The van der Waals surface area contributed by atoms with Crippen LogP contribution in [0, 0.1) is 5.92 Å². The first-order valence-corrected chi connectivity index (χ1v) is 14.6. The zero-order valence-corrected chi connectivity index (χ0v) is 24.5. The van der Waals surface area contributed by atoms with Gasteiger partial charge in [-0.1, -0.05) is 12.1 Å². The van der Waals surface area contributed by atoms with Gasteiger partial charge in [-0.2, -0.15) is 0 Å². The van der Waals surface area contributed by atoms with Crippen LogP contribution < -0.4 is 25.4 Å². The van der Waals surface area contributed by atoms with Crippen LogP contribution in [0.2, 0.25) is 0 Å². The molecule has 3 N–H and O–H groups in total. The lowest BCUT2D eigenvalue weighted by Gasteiger charge is -2.30. The van der Waals surface area contributed by atoms with E-state index in [1.165, 1.54) is 30.3 Å². The van der Waals surface area contributed by atoms with Gasteiger partial charge in [0.15, 0.2) is 5.11 Å². The van der Waals surface area contributed by atoms with Crippen LogP contribution in [0.15, 0.2) is 42.5 Å². The van der Waals surface area contributed by atoms with Crippen LogP contribution in [0.1, 0.15) is 41.6 Å². The molecule has 0 atom stereocenters. The second kappa shape index (κ2) is 15.1. The van der Waals surface area contributed by atoms with Gasteiger partial charge in [-0.3, -0.25) is 9.69 Å². The lowest BCUT2D eigenvalue weighted by molar-refractivity contribution is -0.275. The lowest BCUT2D eigenvalue weighted by Crippen LogP contribution is -2.41. The molecule has 1 saturated heterocycles. The highest BCUT2D eigenvalue weighted by Crippen LogP contribution is 2.32. The number of carbonyl (C=O) groups excluding carboxylic acids is 1. The maximum atomic E-state index is 13.0. The summed E-state index contributed by atoms with van der Waals surface area (Å²) in [7, 11) is 0. The van der Waals surface area contributed by atoms with Crippen molar-refractivity contribution in [1.29, 1.82) is 0 Å². The first-order valence-electron chi connectivity index (χ1n) is 14.2. The third-order valence-electron chi connectivity index (χ3n) is 7.36. The van der Waals surface area contributed by atoms with E-state index in [0.717, 1.165) is 44.3 Å². The first kappa shape index (κ1) is 33.6. The van der Waals surface area contributed by atoms with Crippen LogP contribution in [0.3, 0.4) is 0 Å². The monoisotopic (exact) mass is 648 g/mol. The largest absolute Gasteiger partial charge is 0.573 e. The molecule has 0 aromatic heterocycles. The molecule has 0 radical (unpaired) electrons. The van der Waals surface area contributed by atoms with E-state index in [-0.39, 0.29) is 34.9 Å². The summed E-state index contributed by atoms with van der Waals surface area (Å²) >= 11 is 5.34. The number of nitrogens with zero attached hydrogens (tertiary/aromatic N) is 1. The number of hydrogen-bond donors (Lipinski definition) is 3. The fourth-order valence-electron chi connectivity index (χ4n) is 5.31. The molecule has 8 nitrogen and oxygen atoms in total.